The zero-order chi connectivity index (χ0) is 9.97. The first-order valence-corrected chi connectivity index (χ1v) is 4.65. The Morgan fingerprint density at radius 2 is 2.21 bits per heavy atom. The second-order valence-corrected chi connectivity index (χ2v) is 3.50. The predicted octanol–water partition coefficient (Wildman–Crippen LogP) is 2.17. The van der Waals surface area contributed by atoms with Crippen molar-refractivity contribution in [1.29, 1.82) is 0 Å². The lowest BCUT2D eigenvalue weighted by Gasteiger charge is -2.01. The van der Waals surface area contributed by atoms with Crippen LogP contribution in [0.25, 0.3) is 0 Å². The predicted molar refractivity (Wildman–Crippen MR) is 57.2 cm³/mol. The van der Waals surface area contributed by atoms with Gasteiger partial charge in [0, 0.05) is 11.2 Å². The molecule has 2 rings (SSSR count). The van der Waals surface area contributed by atoms with Crippen molar-refractivity contribution in [1.82, 2.24) is 9.78 Å². The van der Waals surface area contributed by atoms with Crippen LogP contribution in [0.15, 0.2) is 36.5 Å². The molecule has 0 saturated heterocycles. The number of hydrogen-bond acceptors (Lipinski definition) is 2. The van der Waals surface area contributed by atoms with Crippen molar-refractivity contribution in [2.24, 2.45) is 0 Å². The Kier molecular flexibility index (Phi) is 2.41. The SMILES string of the molecule is Nc1ccn(Cc2cccc(Cl)c2)n1. The summed E-state index contributed by atoms with van der Waals surface area (Å²) < 4.78 is 1.78. The molecule has 0 spiro atoms. The van der Waals surface area contributed by atoms with Gasteiger partial charge in [0.05, 0.1) is 6.54 Å². The molecule has 2 aromatic rings. The molecule has 0 unspecified atom stereocenters. The van der Waals surface area contributed by atoms with E-state index in [-0.39, 0.29) is 0 Å². The van der Waals surface area contributed by atoms with Crippen LogP contribution in [0.4, 0.5) is 5.82 Å². The first-order valence-electron chi connectivity index (χ1n) is 4.27. The standard InChI is InChI=1S/C10H10ClN3/c11-9-3-1-2-8(6-9)7-14-5-4-10(12)13-14/h1-6H,7H2,(H2,12,13). The molecule has 0 radical (unpaired) electrons. The minimum absolute atomic E-state index is 0.534. The van der Waals surface area contributed by atoms with Crippen molar-refractivity contribution in [3.8, 4) is 0 Å². The Bertz CT molecular complexity index is 436. The Hall–Kier alpha value is -1.48. The summed E-state index contributed by atoms with van der Waals surface area (Å²) in [5.74, 6) is 0.534. The molecule has 4 heteroatoms. The van der Waals surface area contributed by atoms with E-state index in [1.54, 1.807) is 10.7 Å². The molecule has 72 valence electrons. The van der Waals surface area contributed by atoms with Crippen molar-refractivity contribution in [3.05, 3.63) is 47.1 Å². The smallest absolute Gasteiger partial charge is 0.145 e. The molecule has 0 aliphatic carbocycles. The average molecular weight is 208 g/mol. The number of anilines is 1. The molecule has 2 N–H and O–H groups in total. The Labute approximate surface area is 87.1 Å². The topological polar surface area (TPSA) is 43.8 Å². The molecule has 0 atom stereocenters. The summed E-state index contributed by atoms with van der Waals surface area (Å²) in [6.07, 6.45) is 1.84. The first kappa shape index (κ1) is 9.09. The van der Waals surface area contributed by atoms with Crippen LogP contribution in [0.3, 0.4) is 0 Å². The molecular formula is C10H10ClN3. The normalized spacial score (nSPS) is 10.4. The van der Waals surface area contributed by atoms with Crippen LogP contribution in [0.1, 0.15) is 5.56 Å². The molecule has 14 heavy (non-hydrogen) atoms. The van der Waals surface area contributed by atoms with E-state index in [0.717, 1.165) is 10.6 Å². The van der Waals surface area contributed by atoms with Crippen molar-refractivity contribution in [3.63, 3.8) is 0 Å². The molecule has 1 heterocycles. The number of aromatic nitrogens is 2. The van der Waals surface area contributed by atoms with E-state index in [4.69, 9.17) is 17.3 Å². The lowest BCUT2D eigenvalue weighted by molar-refractivity contribution is 0.690. The largest absolute Gasteiger partial charge is 0.382 e. The van der Waals surface area contributed by atoms with Crippen LogP contribution in [0.5, 0.6) is 0 Å². The molecule has 0 aliphatic heterocycles. The summed E-state index contributed by atoms with van der Waals surface area (Å²) in [4.78, 5) is 0. The van der Waals surface area contributed by atoms with Crippen LogP contribution in [0.2, 0.25) is 5.02 Å². The molecule has 0 bridgehead atoms. The van der Waals surface area contributed by atoms with Crippen molar-refractivity contribution < 1.29 is 0 Å². The van der Waals surface area contributed by atoms with Crippen LogP contribution in [-0.2, 0) is 6.54 Å². The van der Waals surface area contributed by atoms with E-state index < -0.39 is 0 Å². The van der Waals surface area contributed by atoms with E-state index in [0.29, 0.717) is 12.4 Å². The van der Waals surface area contributed by atoms with E-state index in [2.05, 4.69) is 5.10 Å². The fourth-order valence-corrected chi connectivity index (χ4v) is 1.50. The number of rotatable bonds is 2. The number of halogens is 1. The maximum absolute atomic E-state index is 5.86. The molecule has 0 fully saturated rings. The summed E-state index contributed by atoms with van der Waals surface area (Å²) in [5, 5.41) is 4.83. The second kappa shape index (κ2) is 3.72. The van der Waals surface area contributed by atoms with Crippen LogP contribution >= 0.6 is 11.6 Å². The van der Waals surface area contributed by atoms with Crippen molar-refractivity contribution in [2.75, 3.05) is 5.73 Å². The summed E-state index contributed by atoms with van der Waals surface area (Å²) in [7, 11) is 0. The van der Waals surface area contributed by atoms with Gasteiger partial charge in [0.25, 0.3) is 0 Å². The van der Waals surface area contributed by atoms with Gasteiger partial charge in [0.2, 0.25) is 0 Å². The number of nitrogens with two attached hydrogens (primary N) is 1. The summed E-state index contributed by atoms with van der Waals surface area (Å²) >= 11 is 5.86. The third-order valence-electron chi connectivity index (χ3n) is 1.89. The van der Waals surface area contributed by atoms with E-state index in [1.165, 1.54) is 0 Å². The number of benzene rings is 1. The Morgan fingerprint density at radius 1 is 1.36 bits per heavy atom. The quantitative estimate of drug-likeness (QED) is 0.820. The van der Waals surface area contributed by atoms with Gasteiger partial charge in [0.15, 0.2) is 0 Å². The van der Waals surface area contributed by atoms with Gasteiger partial charge in [-0.25, -0.2) is 0 Å². The first-order chi connectivity index (χ1) is 6.74. The van der Waals surface area contributed by atoms with Gasteiger partial charge < -0.3 is 5.73 Å². The molecular weight excluding hydrogens is 198 g/mol. The Morgan fingerprint density at radius 3 is 2.86 bits per heavy atom. The highest BCUT2D eigenvalue weighted by molar-refractivity contribution is 6.30. The average Bonchev–Trinajstić information content (AvgIpc) is 2.51. The summed E-state index contributed by atoms with van der Waals surface area (Å²) in [6, 6.07) is 9.46. The maximum atomic E-state index is 5.86. The van der Waals surface area contributed by atoms with Gasteiger partial charge in [0.1, 0.15) is 5.82 Å². The van der Waals surface area contributed by atoms with Gasteiger partial charge in [-0.05, 0) is 23.8 Å². The van der Waals surface area contributed by atoms with E-state index >= 15 is 0 Å². The minimum Gasteiger partial charge on any atom is -0.382 e. The van der Waals surface area contributed by atoms with Gasteiger partial charge >= 0.3 is 0 Å². The van der Waals surface area contributed by atoms with Gasteiger partial charge in [-0.1, -0.05) is 23.7 Å². The fraction of sp³-hybridized carbons (Fsp3) is 0.100. The third kappa shape index (κ3) is 2.06. The van der Waals surface area contributed by atoms with E-state index in [9.17, 15) is 0 Å². The van der Waals surface area contributed by atoms with Crippen molar-refractivity contribution in [2.45, 2.75) is 6.54 Å². The Balaban J connectivity index is 2.18. The molecule has 0 amide bonds. The summed E-state index contributed by atoms with van der Waals surface area (Å²) in [5.41, 5.74) is 6.62. The lowest BCUT2D eigenvalue weighted by atomic mass is 10.2. The highest BCUT2D eigenvalue weighted by Crippen LogP contribution is 2.11. The van der Waals surface area contributed by atoms with Gasteiger partial charge in [-0.3, -0.25) is 4.68 Å². The number of nitrogens with zero attached hydrogens (tertiary/aromatic N) is 2. The second-order valence-electron chi connectivity index (χ2n) is 3.07. The third-order valence-corrected chi connectivity index (χ3v) is 2.13. The highest BCUT2D eigenvalue weighted by Gasteiger charge is 1.97. The number of hydrogen-bond donors (Lipinski definition) is 1. The zero-order valence-corrected chi connectivity index (χ0v) is 8.28. The molecule has 1 aromatic carbocycles. The maximum Gasteiger partial charge on any atom is 0.145 e. The fourth-order valence-electron chi connectivity index (χ4n) is 1.29. The molecule has 0 saturated carbocycles. The van der Waals surface area contributed by atoms with Crippen LogP contribution in [-0.4, -0.2) is 9.78 Å². The molecule has 0 aliphatic rings. The van der Waals surface area contributed by atoms with E-state index in [1.807, 2.05) is 30.5 Å². The van der Waals surface area contributed by atoms with Gasteiger partial charge in [-0.2, -0.15) is 5.10 Å². The number of nitrogen functional groups attached to an aromatic ring is 1. The van der Waals surface area contributed by atoms with Gasteiger partial charge in [-0.15, -0.1) is 0 Å². The minimum atomic E-state index is 0.534. The molecule has 1 aromatic heterocycles. The van der Waals surface area contributed by atoms with Crippen molar-refractivity contribution >= 4 is 17.4 Å². The molecule has 3 nitrogen and oxygen atoms in total. The monoisotopic (exact) mass is 207 g/mol. The zero-order valence-electron chi connectivity index (χ0n) is 7.52. The lowest BCUT2D eigenvalue weighted by Crippen LogP contribution is -2.00. The van der Waals surface area contributed by atoms with Crippen LogP contribution < -0.4 is 5.73 Å². The van der Waals surface area contributed by atoms with Crippen LogP contribution in [0, 0.1) is 0 Å². The summed E-state index contributed by atoms with van der Waals surface area (Å²) in [6.45, 7) is 0.692. The highest BCUT2D eigenvalue weighted by atomic mass is 35.5.